The largest absolute Gasteiger partial charge is 0.545 e. The molecule has 0 aliphatic carbocycles. The first kappa shape index (κ1) is 8.81. The zero-order valence-corrected chi connectivity index (χ0v) is 6.91. The van der Waals surface area contributed by atoms with Gasteiger partial charge >= 0.3 is 0 Å². The molecule has 0 amide bonds. The number of halogens is 1. The Kier molecular flexibility index (Phi) is 2.88. The van der Waals surface area contributed by atoms with Crippen LogP contribution < -0.4 is 5.11 Å². The van der Waals surface area contributed by atoms with Crippen LogP contribution in [-0.2, 0) is 4.79 Å². The van der Waals surface area contributed by atoms with Crippen molar-refractivity contribution in [3.8, 4) is 0 Å². The third-order valence-corrected chi connectivity index (χ3v) is 1.50. The summed E-state index contributed by atoms with van der Waals surface area (Å²) in [5, 5.41) is 10.6. The maximum Gasteiger partial charge on any atom is 0.0643 e. The van der Waals surface area contributed by atoms with Gasteiger partial charge in [0, 0.05) is 5.02 Å². The number of carbonyl (C=O) groups is 1. The van der Waals surface area contributed by atoms with Crippen molar-refractivity contribution in [3.05, 3.63) is 40.9 Å². The smallest absolute Gasteiger partial charge is 0.0643 e. The highest BCUT2D eigenvalue weighted by Gasteiger charge is 1.87. The van der Waals surface area contributed by atoms with Crippen molar-refractivity contribution in [1.29, 1.82) is 0 Å². The van der Waals surface area contributed by atoms with Crippen LogP contribution in [0, 0.1) is 0 Å². The van der Waals surface area contributed by atoms with Gasteiger partial charge in [-0.2, -0.15) is 0 Å². The molecule has 0 saturated carbocycles. The summed E-state index contributed by atoms with van der Waals surface area (Å²) < 4.78 is 0. The molecule has 0 atom stereocenters. The molecule has 0 aromatic heterocycles. The standard InChI is InChI=1S/C9H7ClO2/c10-8-3-1-2-7(6-8)4-5-9(11)12/h1-6H,(H,11,12)/p-1/b5-4+. The van der Waals surface area contributed by atoms with Crippen LogP contribution in [0.1, 0.15) is 5.56 Å². The highest BCUT2D eigenvalue weighted by Crippen LogP contribution is 2.11. The van der Waals surface area contributed by atoms with Crippen molar-refractivity contribution in [2.24, 2.45) is 0 Å². The molecule has 62 valence electrons. The van der Waals surface area contributed by atoms with E-state index in [2.05, 4.69) is 0 Å². The van der Waals surface area contributed by atoms with E-state index in [0.717, 1.165) is 11.6 Å². The number of carbonyl (C=O) groups excluding carboxylic acids is 1. The average Bonchev–Trinajstić information content (AvgIpc) is 2.01. The molecule has 0 aliphatic rings. The average molecular weight is 182 g/mol. The summed E-state index contributed by atoms with van der Waals surface area (Å²) in [5.74, 6) is -1.21. The van der Waals surface area contributed by atoms with Crippen LogP contribution in [0.15, 0.2) is 30.3 Å². The van der Waals surface area contributed by atoms with E-state index < -0.39 is 5.97 Å². The van der Waals surface area contributed by atoms with Gasteiger partial charge in [0.25, 0.3) is 0 Å². The fraction of sp³-hybridized carbons (Fsp3) is 0. The van der Waals surface area contributed by atoms with Gasteiger partial charge in [0.05, 0.1) is 5.97 Å². The Morgan fingerprint density at radius 1 is 1.50 bits per heavy atom. The van der Waals surface area contributed by atoms with Crippen LogP contribution in [0.2, 0.25) is 5.02 Å². The summed E-state index contributed by atoms with van der Waals surface area (Å²) in [6.07, 6.45) is 2.40. The molecule has 0 saturated heterocycles. The van der Waals surface area contributed by atoms with Crippen molar-refractivity contribution in [2.45, 2.75) is 0 Å². The molecule has 1 aromatic rings. The quantitative estimate of drug-likeness (QED) is 0.642. The summed E-state index contributed by atoms with van der Waals surface area (Å²) in [6, 6.07) is 6.89. The molecular weight excluding hydrogens is 176 g/mol. The monoisotopic (exact) mass is 181 g/mol. The first-order valence-electron chi connectivity index (χ1n) is 3.33. The van der Waals surface area contributed by atoms with E-state index in [1.807, 2.05) is 0 Å². The van der Waals surface area contributed by atoms with E-state index in [1.165, 1.54) is 6.08 Å². The third-order valence-electron chi connectivity index (χ3n) is 1.26. The van der Waals surface area contributed by atoms with Crippen LogP contribution in [0.25, 0.3) is 6.08 Å². The Balaban J connectivity index is 2.83. The van der Waals surface area contributed by atoms with Gasteiger partial charge in [0.15, 0.2) is 0 Å². The number of hydrogen-bond donors (Lipinski definition) is 0. The number of rotatable bonds is 2. The van der Waals surface area contributed by atoms with Crippen LogP contribution in [-0.4, -0.2) is 5.97 Å². The Hall–Kier alpha value is -1.28. The molecule has 12 heavy (non-hydrogen) atoms. The second-order valence-electron chi connectivity index (χ2n) is 2.21. The van der Waals surface area contributed by atoms with Crippen LogP contribution in [0.5, 0.6) is 0 Å². The lowest BCUT2D eigenvalue weighted by Crippen LogP contribution is -2.18. The van der Waals surface area contributed by atoms with Gasteiger partial charge < -0.3 is 9.90 Å². The van der Waals surface area contributed by atoms with Gasteiger partial charge in [-0.15, -0.1) is 0 Å². The van der Waals surface area contributed by atoms with Gasteiger partial charge in [-0.1, -0.05) is 29.8 Å². The predicted molar refractivity (Wildman–Crippen MR) is 45.5 cm³/mol. The molecule has 0 bridgehead atoms. The molecule has 3 heteroatoms. The number of carboxylic acids is 1. The molecule has 0 radical (unpaired) electrons. The minimum absolute atomic E-state index is 0.579. The fourth-order valence-corrected chi connectivity index (χ4v) is 0.973. The van der Waals surface area contributed by atoms with Gasteiger partial charge in [0.2, 0.25) is 0 Å². The molecule has 1 rings (SSSR count). The number of benzene rings is 1. The SMILES string of the molecule is O=C([O-])/C=C/c1cccc(Cl)c1. The van der Waals surface area contributed by atoms with Crippen molar-refractivity contribution in [1.82, 2.24) is 0 Å². The highest BCUT2D eigenvalue weighted by atomic mass is 35.5. The lowest BCUT2D eigenvalue weighted by atomic mass is 10.2. The molecule has 0 aliphatic heterocycles. The second kappa shape index (κ2) is 3.93. The van der Waals surface area contributed by atoms with Crippen LogP contribution in [0.4, 0.5) is 0 Å². The zero-order chi connectivity index (χ0) is 8.97. The fourth-order valence-electron chi connectivity index (χ4n) is 0.775. The zero-order valence-electron chi connectivity index (χ0n) is 6.16. The maximum atomic E-state index is 10.0. The number of carboxylic acid groups (broad SMARTS) is 1. The van der Waals surface area contributed by atoms with E-state index in [9.17, 15) is 9.90 Å². The van der Waals surface area contributed by atoms with E-state index in [-0.39, 0.29) is 0 Å². The maximum absolute atomic E-state index is 10.0. The topological polar surface area (TPSA) is 40.1 Å². The van der Waals surface area contributed by atoms with E-state index >= 15 is 0 Å². The first-order valence-corrected chi connectivity index (χ1v) is 3.71. The minimum atomic E-state index is -1.21. The Morgan fingerprint density at radius 3 is 2.83 bits per heavy atom. The lowest BCUT2D eigenvalue weighted by Gasteiger charge is -1.94. The Bertz CT molecular complexity index is 318. The van der Waals surface area contributed by atoms with Crippen molar-refractivity contribution >= 4 is 23.6 Å². The Morgan fingerprint density at radius 2 is 2.25 bits per heavy atom. The lowest BCUT2D eigenvalue weighted by molar-refractivity contribution is -0.297. The summed E-state index contributed by atoms with van der Waals surface area (Å²) in [7, 11) is 0. The third kappa shape index (κ3) is 2.76. The van der Waals surface area contributed by atoms with Gasteiger partial charge in [0.1, 0.15) is 0 Å². The molecule has 0 fully saturated rings. The van der Waals surface area contributed by atoms with Crippen molar-refractivity contribution in [2.75, 3.05) is 0 Å². The van der Waals surface area contributed by atoms with Crippen LogP contribution >= 0.6 is 11.6 Å². The number of aliphatic carboxylic acids is 1. The Labute approximate surface area is 75.1 Å². The molecule has 2 nitrogen and oxygen atoms in total. The molecular formula is C9H6ClO2-. The van der Waals surface area contributed by atoms with E-state index in [0.29, 0.717) is 5.02 Å². The summed E-state index contributed by atoms with van der Waals surface area (Å²) in [4.78, 5) is 10.0. The van der Waals surface area contributed by atoms with Gasteiger partial charge in [-0.05, 0) is 23.8 Å². The van der Waals surface area contributed by atoms with E-state index in [4.69, 9.17) is 11.6 Å². The van der Waals surface area contributed by atoms with Gasteiger partial charge in [-0.3, -0.25) is 0 Å². The van der Waals surface area contributed by atoms with Gasteiger partial charge in [-0.25, -0.2) is 0 Å². The normalized spacial score (nSPS) is 10.4. The molecule has 0 unspecified atom stereocenters. The predicted octanol–water partition coefficient (Wildman–Crippen LogP) is 1.10. The highest BCUT2D eigenvalue weighted by molar-refractivity contribution is 6.30. The summed E-state index contributed by atoms with van der Waals surface area (Å²) in [5.41, 5.74) is 0.742. The van der Waals surface area contributed by atoms with Crippen LogP contribution in [0.3, 0.4) is 0 Å². The van der Waals surface area contributed by atoms with Crippen molar-refractivity contribution in [3.63, 3.8) is 0 Å². The molecule has 0 N–H and O–H groups in total. The van der Waals surface area contributed by atoms with E-state index in [1.54, 1.807) is 24.3 Å². The second-order valence-corrected chi connectivity index (χ2v) is 2.64. The molecule has 0 heterocycles. The molecule has 1 aromatic carbocycles. The minimum Gasteiger partial charge on any atom is -0.545 e. The summed E-state index contributed by atoms with van der Waals surface area (Å²) >= 11 is 5.66. The van der Waals surface area contributed by atoms with Crippen molar-refractivity contribution < 1.29 is 9.90 Å². The summed E-state index contributed by atoms with van der Waals surface area (Å²) in [6.45, 7) is 0. The number of hydrogen-bond acceptors (Lipinski definition) is 2. The first-order chi connectivity index (χ1) is 5.68. The molecule has 0 spiro atoms.